The minimum Gasteiger partial charge on any atom is -0.453 e. The molecule has 43 heavy (non-hydrogen) atoms. The highest BCUT2D eigenvalue weighted by Gasteiger charge is 2.26. The first-order valence-corrected chi connectivity index (χ1v) is 15.2. The molecule has 1 aromatic carbocycles. The predicted molar refractivity (Wildman–Crippen MR) is 163 cm³/mol. The number of amides is 3. The molecule has 3 amide bonds. The largest absolute Gasteiger partial charge is 0.453 e. The van der Waals surface area contributed by atoms with Gasteiger partial charge in [0.05, 0.1) is 33.0 Å². The molecule has 3 aromatic heterocycles. The van der Waals surface area contributed by atoms with Crippen molar-refractivity contribution in [3.05, 3.63) is 66.2 Å². The molecule has 10 nitrogen and oxygen atoms in total. The molecule has 0 spiro atoms. The summed E-state index contributed by atoms with van der Waals surface area (Å²) in [6.45, 7) is 2.10. The zero-order valence-corrected chi connectivity index (χ0v) is 24.6. The molecule has 4 heterocycles. The van der Waals surface area contributed by atoms with Crippen LogP contribution in [0, 0.1) is 5.82 Å². The molecule has 0 radical (unpaired) electrons. The summed E-state index contributed by atoms with van der Waals surface area (Å²) in [4.78, 5) is 38.9. The molecule has 3 N–H and O–H groups in total. The number of ether oxygens (including phenoxy) is 1. The van der Waals surface area contributed by atoms with Gasteiger partial charge < -0.3 is 30.3 Å². The summed E-state index contributed by atoms with van der Waals surface area (Å²) in [5, 5.41) is 14.6. The van der Waals surface area contributed by atoms with E-state index in [1.807, 2.05) is 24.1 Å². The number of rotatable bonds is 9. The van der Waals surface area contributed by atoms with Gasteiger partial charge in [-0.05, 0) is 63.1 Å². The van der Waals surface area contributed by atoms with E-state index in [0.717, 1.165) is 35.3 Å². The smallest absolute Gasteiger partial charge is 0.319 e. The third kappa shape index (κ3) is 6.76. The topological polar surface area (TPSA) is 120 Å². The van der Waals surface area contributed by atoms with Gasteiger partial charge in [0, 0.05) is 61.9 Å². The molecule has 12 heteroatoms. The van der Waals surface area contributed by atoms with Crippen molar-refractivity contribution in [2.45, 2.75) is 37.8 Å². The fourth-order valence-corrected chi connectivity index (χ4v) is 6.22. The number of carbonyl (C=O) groups is 2. The van der Waals surface area contributed by atoms with Gasteiger partial charge in [0.25, 0.3) is 5.91 Å². The second-order valence-electron chi connectivity index (χ2n) is 10.9. The van der Waals surface area contributed by atoms with Gasteiger partial charge in [-0.15, -0.1) is 11.3 Å². The maximum atomic E-state index is 14.9. The van der Waals surface area contributed by atoms with E-state index in [2.05, 4.69) is 25.5 Å². The monoisotopic (exact) mass is 604 g/mol. The number of likely N-dealkylation sites (tertiary alicyclic amines) is 1. The number of fused-ring (bicyclic) bond motifs is 1. The van der Waals surface area contributed by atoms with Crippen molar-refractivity contribution in [1.82, 2.24) is 25.1 Å². The number of anilines is 1. The van der Waals surface area contributed by atoms with Crippen LogP contribution in [-0.4, -0.2) is 82.2 Å². The summed E-state index contributed by atoms with van der Waals surface area (Å²) < 4.78 is 21.6. The molecule has 224 valence electrons. The Morgan fingerprint density at radius 1 is 1.09 bits per heavy atom. The van der Waals surface area contributed by atoms with Gasteiger partial charge >= 0.3 is 6.03 Å². The van der Waals surface area contributed by atoms with Crippen LogP contribution in [0.2, 0.25) is 0 Å². The summed E-state index contributed by atoms with van der Waals surface area (Å²) in [6, 6.07) is 11.7. The Kier molecular flexibility index (Phi) is 8.50. The van der Waals surface area contributed by atoms with Gasteiger partial charge in [0.1, 0.15) is 5.75 Å². The highest BCUT2D eigenvalue weighted by atomic mass is 32.1. The Morgan fingerprint density at radius 2 is 1.91 bits per heavy atom. The molecule has 2 aliphatic rings. The van der Waals surface area contributed by atoms with E-state index in [1.165, 1.54) is 23.5 Å². The zero-order chi connectivity index (χ0) is 29.9. The summed E-state index contributed by atoms with van der Waals surface area (Å²) >= 11 is 1.42. The standard InChI is InChI=1S/C31H33FN6O4S/c1-37(14-15-39)22-9-12-38(13-10-22)30(40)19-2-6-24(34-18-19)28-17-25-29(43-28)27(8-11-33-25)42-26-7-5-21(16-23(26)32)36-31(41)35-20-3-4-20/h2,5-8,11,16-18,20,22,39H,3-4,9-10,12-15H2,1H3,(H2,35,36,41). The molecule has 1 saturated carbocycles. The number of carbonyl (C=O) groups excluding carboxylic acids is 2. The number of aromatic nitrogens is 2. The Balaban J connectivity index is 1.12. The first kappa shape index (κ1) is 29.0. The molecular formula is C31H33FN6O4S. The maximum Gasteiger partial charge on any atom is 0.319 e. The molecule has 1 aliphatic carbocycles. The minimum absolute atomic E-state index is 0.0284. The van der Waals surface area contributed by atoms with E-state index in [-0.39, 0.29) is 30.3 Å². The second-order valence-corrected chi connectivity index (χ2v) is 12.0. The molecule has 0 bridgehead atoms. The number of aliphatic hydroxyl groups excluding tert-OH is 1. The Hall–Kier alpha value is -4.13. The van der Waals surface area contributed by atoms with E-state index < -0.39 is 5.82 Å². The fourth-order valence-electron chi connectivity index (χ4n) is 5.18. The normalized spacial score (nSPS) is 15.6. The molecule has 4 aromatic rings. The number of halogens is 1. The third-order valence-electron chi connectivity index (χ3n) is 7.79. The number of likely N-dealkylation sites (N-methyl/N-ethyl adjacent to an activating group) is 1. The number of pyridine rings is 2. The number of nitrogens with one attached hydrogen (secondary N) is 2. The van der Waals surface area contributed by atoms with Crippen molar-refractivity contribution in [3.8, 4) is 22.1 Å². The van der Waals surface area contributed by atoms with Crippen LogP contribution < -0.4 is 15.4 Å². The number of piperidine rings is 1. The Bertz CT molecular complexity index is 1620. The van der Waals surface area contributed by atoms with Crippen molar-refractivity contribution in [2.24, 2.45) is 0 Å². The van der Waals surface area contributed by atoms with Crippen LogP contribution in [0.3, 0.4) is 0 Å². The van der Waals surface area contributed by atoms with E-state index >= 15 is 0 Å². The summed E-state index contributed by atoms with van der Waals surface area (Å²) in [7, 11) is 2.01. The molecule has 2 fully saturated rings. The van der Waals surface area contributed by atoms with Crippen LogP contribution >= 0.6 is 11.3 Å². The number of hydrogen-bond donors (Lipinski definition) is 3. The lowest BCUT2D eigenvalue weighted by molar-refractivity contribution is 0.0628. The van der Waals surface area contributed by atoms with Gasteiger partial charge in [-0.2, -0.15) is 0 Å². The molecule has 0 unspecified atom stereocenters. The maximum absolute atomic E-state index is 14.9. The summed E-state index contributed by atoms with van der Waals surface area (Å²) in [5.74, 6) is -0.162. The van der Waals surface area contributed by atoms with Gasteiger partial charge in [-0.3, -0.25) is 14.8 Å². The Labute approximate surface area is 252 Å². The lowest BCUT2D eigenvalue weighted by Gasteiger charge is -2.36. The number of hydrogen-bond acceptors (Lipinski definition) is 8. The molecule has 1 saturated heterocycles. The van der Waals surface area contributed by atoms with Crippen LogP contribution in [0.15, 0.2) is 54.9 Å². The number of thiophene rings is 1. The number of nitrogens with zero attached hydrogens (tertiary/aromatic N) is 4. The van der Waals surface area contributed by atoms with Crippen molar-refractivity contribution < 1.29 is 23.8 Å². The van der Waals surface area contributed by atoms with Gasteiger partial charge in [0.2, 0.25) is 0 Å². The number of benzene rings is 1. The van der Waals surface area contributed by atoms with Gasteiger partial charge in [-0.25, -0.2) is 9.18 Å². The first-order valence-electron chi connectivity index (χ1n) is 14.4. The molecular weight excluding hydrogens is 571 g/mol. The average molecular weight is 605 g/mol. The van der Waals surface area contributed by atoms with Crippen molar-refractivity contribution in [3.63, 3.8) is 0 Å². The fraction of sp³-hybridized carbons (Fsp3) is 0.355. The van der Waals surface area contributed by atoms with Crippen LogP contribution in [0.25, 0.3) is 20.8 Å². The van der Waals surface area contributed by atoms with E-state index in [9.17, 15) is 19.1 Å². The summed E-state index contributed by atoms with van der Waals surface area (Å²) in [6.07, 6.45) is 6.87. The van der Waals surface area contributed by atoms with E-state index in [4.69, 9.17) is 4.74 Å². The summed E-state index contributed by atoms with van der Waals surface area (Å²) in [5.41, 5.74) is 2.25. The quantitative estimate of drug-likeness (QED) is 0.243. The van der Waals surface area contributed by atoms with Crippen LogP contribution in [0.5, 0.6) is 11.5 Å². The van der Waals surface area contributed by atoms with Gasteiger partial charge in [0.15, 0.2) is 11.6 Å². The van der Waals surface area contributed by atoms with E-state index in [0.29, 0.717) is 53.9 Å². The van der Waals surface area contributed by atoms with Crippen molar-refractivity contribution in [1.29, 1.82) is 0 Å². The molecule has 0 atom stereocenters. The highest BCUT2D eigenvalue weighted by Crippen LogP contribution is 2.39. The van der Waals surface area contributed by atoms with Crippen LogP contribution in [0.1, 0.15) is 36.0 Å². The average Bonchev–Trinajstić information content (AvgIpc) is 3.71. The predicted octanol–water partition coefficient (Wildman–Crippen LogP) is 5.10. The lowest BCUT2D eigenvalue weighted by atomic mass is 10.0. The van der Waals surface area contributed by atoms with Gasteiger partial charge in [-0.1, -0.05) is 0 Å². The second kappa shape index (κ2) is 12.6. The SMILES string of the molecule is CN(CCO)C1CCN(C(=O)c2ccc(-c3cc4nccc(Oc5ccc(NC(=O)NC6CC6)cc5F)c4s3)nc2)CC1. The molecule has 6 rings (SSSR count). The van der Waals surface area contributed by atoms with Crippen LogP contribution in [0.4, 0.5) is 14.9 Å². The third-order valence-corrected chi connectivity index (χ3v) is 8.95. The van der Waals surface area contributed by atoms with Crippen molar-refractivity contribution in [2.75, 3.05) is 38.6 Å². The first-order chi connectivity index (χ1) is 20.9. The number of aliphatic hydroxyl groups is 1. The lowest BCUT2D eigenvalue weighted by Crippen LogP contribution is -2.46. The highest BCUT2D eigenvalue weighted by molar-refractivity contribution is 7.22. The van der Waals surface area contributed by atoms with Crippen LogP contribution in [-0.2, 0) is 0 Å². The number of urea groups is 1. The van der Waals surface area contributed by atoms with E-state index in [1.54, 1.807) is 30.6 Å². The molecule has 1 aliphatic heterocycles. The zero-order valence-electron chi connectivity index (χ0n) is 23.8. The minimum atomic E-state index is -0.603. The Morgan fingerprint density at radius 3 is 2.60 bits per heavy atom. The van der Waals surface area contributed by atoms with Crippen molar-refractivity contribution >= 4 is 39.2 Å².